The fourth-order valence-corrected chi connectivity index (χ4v) is 3.22. The lowest BCUT2D eigenvalue weighted by Crippen LogP contribution is -2.15. The van der Waals surface area contributed by atoms with Crippen molar-refractivity contribution in [1.29, 1.82) is 0 Å². The number of aryl methyl sites for hydroxylation is 1. The number of anilines is 1. The van der Waals surface area contributed by atoms with Crippen LogP contribution in [0.4, 0.5) is 10.1 Å². The standard InChI is InChI=1S/C19H18FN3OS/c1-13-6-5-9-17(14(13)2)23-11-10-21-19(23)25-12-18(24)22-16-8-4-3-7-15(16)20/h3-11H,12H2,1-2H3,(H,22,24). The number of imidazole rings is 1. The Bertz CT molecular complexity index is 907. The van der Waals surface area contributed by atoms with Gasteiger partial charge in [0.05, 0.1) is 17.1 Å². The van der Waals surface area contributed by atoms with E-state index in [1.807, 2.05) is 22.9 Å². The van der Waals surface area contributed by atoms with Gasteiger partial charge in [-0.2, -0.15) is 0 Å². The quantitative estimate of drug-likeness (QED) is 0.692. The highest BCUT2D eigenvalue weighted by molar-refractivity contribution is 7.99. The number of benzene rings is 2. The number of amides is 1. The molecule has 3 rings (SSSR count). The van der Waals surface area contributed by atoms with Crippen molar-refractivity contribution >= 4 is 23.4 Å². The summed E-state index contributed by atoms with van der Waals surface area (Å²) in [5.41, 5.74) is 3.58. The van der Waals surface area contributed by atoms with Crippen molar-refractivity contribution in [3.8, 4) is 5.69 Å². The lowest BCUT2D eigenvalue weighted by molar-refractivity contribution is -0.113. The van der Waals surface area contributed by atoms with Gasteiger partial charge in [-0.25, -0.2) is 9.37 Å². The third-order valence-electron chi connectivity index (χ3n) is 3.92. The van der Waals surface area contributed by atoms with E-state index in [0.717, 1.165) is 16.4 Å². The molecular formula is C19H18FN3OS. The second kappa shape index (κ2) is 7.53. The Balaban J connectivity index is 1.71. The summed E-state index contributed by atoms with van der Waals surface area (Å²) in [6, 6.07) is 12.2. The van der Waals surface area contributed by atoms with Crippen LogP contribution in [0.5, 0.6) is 0 Å². The molecule has 2 aromatic carbocycles. The van der Waals surface area contributed by atoms with Crippen LogP contribution in [-0.2, 0) is 4.79 Å². The first kappa shape index (κ1) is 17.2. The number of hydrogen-bond acceptors (Lipinski definition) is 3. The number of rotatable bonds is 5. The molecule has 0 fully saturated rings. The van der Waals surface area contributed by atoms with Gasteiger partial charge in [0, 0.05) is 12.4 Å². The normalized spacial score (nSPS) is 10.7. The van der Waals surface area contributed by atoms with E-state index in [0.29, 0.717) is 0 Å². The second-order valence-corrected chi connectivity index (χ2v) is 6.56. The molecular weight excluding hydrogens is 337 g/mol. The Morgan fingerprint density at radius 3 is 2.80 bits per heavy atom. The van der Waals surface area contributed by atoms with E-state index >= 15 is 0 Å². The average Bonchev–Trinajstić information content (AvgIpc) is 3.06. The minimum atomic E-state index is -0.447. The van der Waals surface area contributed by atoms with Crippen LogP contribution in [0.25, 0.3) is 5.69 Å². The van der Waals surface area contributed by atoms with Gasteiger partial charge in [0.1, 0.15) is 5.82 Å². The zero-order chi connectivity index (χ0) is 17.8. The molecule has 0 bridgehead atoms. The molecule has 1 heterocycles. The largest absolute Gasteiger partial charge is 0.323 e. The third-order valence-corrected chi connectivity index (χ3v) is 4.89. The predicted octanol–water partition coefficient (Wildman–Crippen LogP) is 4.36. The number of para-hydroxylation sites is 1. The molecule has 0 aliphatic heterocycles. The molecule has 0 radical (unpaired) electrons. The van der Waals surface area contributed by atoms with Gasteiger partial charge in [-0.3, -0.25) is 9.36 Å². The van der Waals surface area contributed by atoms with Gasteiger partial charge in [-0.15, -0.1) is 0 Å². The number of nitrogens with one attached hydrogen (secondary N) is 1. The summed E-state index contributed by atoms with van der Waals surface area (Å²) < 4.78 is 15.6. The molecule has 1 amide bonds. The molecule has 0 atom stereocenters. The molecule has 6 heteroatoms. The molecule has 0 saturated heterocycles. The lowest BCUT2D eigenvalue weighted by Gasteiger charge is -2.12. The van der Waals surface area contributed by atoms with Gasteiger partial charge >= 0.3 is 0 Å². The minimum absolute atomic E-state index is 0.149. The fourth-order valence-electron chi connectivity index (χ4n) is 2.46. The number of aromatic nitrogens is 2. The van der Waals surface area contributed by atoms with E-state index in [2.05, 4.69) is 30.2 Å². The van der Waals surface area contributed by atoms with Crippen molar-refractivity contribution in [3.63, 3.8) is 0 Å². The Morgan fingerprint density at radius 1 is 1.20 bits per heavy atom. The first-order valence-electron chi connectivity index (χ1n) is 7.83. The third kappa shape index (κ3) is 3.91. The van der Waals surface area contributed by atoms with Crippen LogP contribution in [-0.4, -0.2) is 21.2 Å². The molecule has 0 aliphatic rings. The van der Waals surface area contributed by atoms with Crippen LogP contribution < -0.4 is 5.32 Å². The molecule has 25 heavy (non-hydrogen) atoms. The lowest BCUT2D eigenvalue weighted by atomic mass is 10.1. The van der Waals surface area contributed by atoms with E-state index in [1.54, 1.807) is 18.3 Å². The number of thioether (sulfide) groups is 1. The van der Waals surface area contributed by atoms with E-state index < -0.39 is 5.82 Å². The van der Waals surface area contributed by atoms with Gasteiger partial charge in [0.2, 0.25) is 5.91 Å². The maximum absolute atomic E-state index is 13.6. The van der Waals surface area contributed by atoms with Crippen LogP contribution in [0.2, 0.25) is 0 Å². The zero-order valence-electron chi connectivity index (χ0n) is 14.0. The molecule has 0 spiro atoms. The van der Waals surface area contributed by atoms with Crippen LogP contribution >= 0.6 is 11.8 Å². The smallest absolute Gasteiger partial charge is 0.234 e. The molecule has 0 aliphatic carbocycles. The Kier molecular flexibility index (Phi) is 5.19. The number of nitrogens with zero attached hydrogens (tertiary/aromatic N) is 2. The van der Waals surface area contributed by atoms with Gasteiger partial charge in [-0.1, -0.05) is 36.0 Å². The maximum Gasteiger partial charge on any atom is 0.234 e. The van der Waals surface area contributed by atoms with Crippen molar-refractivity contribution in [2.24, 2.45) is 0 Å². The molecule has 1 aromatic heterocycles. The van der Waals surface area contributed by atoms with Crippen LogP contribution in [0.15, 0.2) is 60.0 Å². The van der Waals surface area contributed by atoms with Gasteiger partial charge < -0.3 is 5.32 Å². The van der Waals surface area contributed by atoms with Crippen LogP contribution in [0.1, 0.15) is 11.1 Å². The summed E-state index contributed by atoms with van der Waals surface area (Å²) in [6.07, 6.45) is 3.58. The summed E-state index contributed by atoms with van der Waals surface area (Å²) in [6.45, 7) is 4.12. The number of halogens is 1. The maximum atomic E-state index is 13.6. The Hall–Kier alpha value is -2.60. The molecule has 0 saturated carbocycles. The first-order valence-corrected chi connectivity index (χ1v) is 8.82. The molecule has 128 valence electrons. The molecule has 3 aromatic rings. The fraction of sp³-hybridized carbons (Fsp3) is 0.158. The van der Waals surface area contributed by atoms with Crippen LogP contribution in [0.3, 0.4) is 0 Å². The number of carbonyl (C=O) groups excluding carboxylic acids is 1. The zero-order valence-corrected chi connectivity index (χ0v) is 14.8. The summed E-state index contributed by atoms with van der Waals surface area (Å²) in [4.78, 5) is 16.4. The topological polar surface area (TPSA) is 46.9 Å². The van der Waals surface area contributed by atoms with Crippen LogP contribution in [0, 0.1) is 19.7 Å². The van der Waals surface area contributed by atoms with Crippen molar-refractivity contribution in [2.75, 3.05) is 11.1 Å². The Morgan fingerprint density at radius 2 is 2.00 bits per heavy atom. The summed E-state index contributed by atoms with van der Waals surface area (Å²) in [5.74, 6) is -0.570. The minimum Gasteiger partial charge on any atom is -0.323 e. The number of carbonyl (C=O) groups is 1. The van der Waals surface area contributed by atoms with E-state index in [-0.39, 0.29) is 17.3 Å². The van der Waals surface area contributed by atoms with Crippen molar-refractivity contribution in [2.45, 2.75) is 19.0 Å². The van der Waals surface area contributed by atoms with E-state index in [1.165, 1.54) is 29.5 Å². The summed E-state index contributed by atoms with van der Waals surface area (Å²) in [7, 11) is 0. The summed E-state index contributed by atoms with van der Waals surface area (Å²) >= 11 is 1.31. The monoisotopic (exact) mass is 355 g/mol. The molecule has 0 unspecified atom stereocenters. The number of hydrogen-bond donors (Lipinski definition) is 1. The van der Waals surface area contributed by atoms with Crippen molar-refractivity contribution in [3.05, 3.63) is 71.8 Å². The first-order chi connectivity index (χ1) is 12.1. The van der Waals surface area contributed by atoms with E-state index in [4.69, 9.17) is 0 Å². The highest BCUT2D eigenvalue weighted by Gasteiger charge is 2.12. The predicted molar refractivity (Wildman–Crippen MR) is 98.8 cm³/mol. The molecule has 4 nitrogen and oxygen atoms in total. The SMILES string of the molecule is Cc1cccc(-n2ccnc2SCC(=O)Nc2ccccc2F)c1C. The van der Waals surface area contributed by atoms with E-state index in [9.17, 15) is 9.18 Å². The van der Waals surface area contributed by atoms with Gasteiger partial charge in [0.25, 0.3) is 0 Å². The highest BCUT2D eigenvalue weighted by atomic mass is 32.2. The van der Waals surface area contributed by atoms with Crippen molar-refractivity contribution in [1.82, 2.24) is 9.55 Å². The second-order valence-electron chi connectivity index (χ2n) is 5.62. The summed E-state index contributed by atoms with van der Waals surface area (Å²) in [5, 5.41) is 3.30. The average molecular weight is 355 g/mol. The highest BCUT2D eigenvalue weighted by Crippen LogP contribution is 2.24. The van der Waals surface area contributed by atoms with Gasteiger partial charge in [-0.05, 0) is 43.2 Å². The van der Waals surface area contributed by atoms with Gasteiger partial charge in [0.15, 0.2) is 5.16 Å². The molecule has 1 N–H and O–H groups in total. The van der Waals surface area contributed by atoms with Crippen molar-refractivity contribution < 1.29 is 9.18 Å². The Labute approximate surface area is 150 Å².